The number of nitrogens with one attached hydrogen (secondary N) is 1. The highest BCUT2D eigenvalue weighted by Crippen LogP contribution is 2.32. The van der Waals surface area contributed by atoms with Crippen LogP contribution in [0.5, 0.6) is 5.88 Å². The lowest BCUT2D eigenvalue weighted by molar-refractivity contribution is -0.00126. The third-order valence-corrected chi connectivity index (χ3v) is 6.90. The summed E-state index contributed by atoms with van der Waals surface area (Å²) in [6, 6.07) is 0.642. The van der Waals surface area contributed by atoms with Crippen LogP contribution < -0.4 is 10.1 Å². The number of nitrogens with zero attached hydrogens (tertiary/aromatic N) is 6. The first-order chi connectivity index (χ1) is 15.2. The molecule has 3 aromatic heterocycles. The molecular weight excluding hydrogens is 414 g/mol. The van der Waals surface area contributed by atoms with Gasteiger partial charge in [-0.05, 0) is 39.5 Å². The van der Waals surface area contributed by atoms with E-state index in [0.29, 0.717) is 17.9 Å². The molecule has 166 valence electrons. The van der Waals surface area contributed by atoms with Crippen molar-refractivity contribution < 1.29 is 9.47 Å². The Kier molecular flexibility index (Phi) is 6.02. The van der Waals surface area contributed by atoms with Crippen LogP contribution >= 0.6 is 11.3 Å². The van der Waals surface area contributed by atoms with E-state index in [-0.39, 0.29) is 6.10 Å². The predicted molar refractivity (Wildman–Crippen MR) is 120 cm³/mol. The molecule has 31 heavy (non-hydrogen) atoms. The summed E-state index contributed by atoms with van der Waals surface area (Å²) < 4.78 is 13.8. The summed E-state index contributed by atoms with van der Waals surface area (Å²) in [6.45, 7) is 8.66. The molecule has 2 aliphatic rings. The maximum atomic E-state index is 6.41. The molecule has 1 aliphatic heterocycles. The van der Waals surface area contributed by atoms with Crippen molar-refractivity contribution in [2.24, 2.45) is 0 Å². The van der Waals surface area contributed by atoms with E-state index in [0.717, 1.165) is 79.6 Å². The van der Waals surface area contributed by atoms with Crippen molar-refractivity contribution in [1.82, 2.24) is 29.6 Å². The van der Waals surface area contributed by atoms with Gasteiger partial charge in [0.1, 0.15) is 6.10 Å². The average Bonchev–Trinajstić information content (AvgIpc) is 3.40. The van der Waals surface area contributed by atoms with Gasteiger partial charge in [0.05, 0.1) is 30.1 Å². The lowest BCUT2D eigenvalue weighted by Crippen LogP contribution is -2.46. The summed E-state index contributed by atoms with van der Waals surface area (Å²) in [4.78, 5) is 17.4. The van der Waals surface area contributed by atoms with Gasteiger partial charge in [0.25, 0.3) is 0 Å². The van der Waals surface area contributed by atoms with E-state index >= 15 is 0 Å². The summed E-state index contributed by atoms with van der Waals surface area (Å²) in [7, 11) is 0. The van der Waals surface area contributed by atoms with E-state index < -0.39 is 0 Å². The van der Waals surface area contributed by atoms with Gasteiger partial charge < -0.3 is 14.8 Å². The second-order valence-corrected chi connectivity index (χ2v) is 9.33. The van der Waals surface area contributed by atoms with Crippen molar-refractivity contribution in [3.05, 3.63) is 17.4 Å². The minimum absolute atomic E-state index is 0.160. The fourth-order valence-corrected chi connectivity index (χ4v) is 5.18. The minimum atomic E-state index is 0.160. The van der Waals surface area contributed by atoms with Gasteiger partial charge in [0.15, 0.2) is 10.3 Å². The van der Waals surface area contributed by atoms with Crippen LogP contribution in [-0.4, -0.2) is 68.1 Å². The van der Waals surface area contributed by atoms with Gasteiger partial charge in [0, 0.05) is 31.9 Å². The van der Waals surface area contributed by atoms with Gasteiger partial charge in [0.2, 0.25) is 11.8 Å². The highest BCUT2D eigenvalue weighted by Gasteiger charge is 2.29. The van der Waals surface area contributed by atoms with E-state index in [2.05, 4.69) is 37.2 Å². The Balaban J connectivity index is 1.30. The number of hydrogen-bond donors (Lipinski definition) is 1. The van der Waals surface area contributed by atoms with Crippen LogP contribution in [-0.2, 0) is 11.3 Å². The first kappa shape index (κ1) is 20.6. The van der Waals surface area contributed by atoms with Crippen molar-refractivity contribution in [2.75, 3.05) is 31.6 Å². The van der Waals surface area contributed by atoms with Crippen LogP contribution in [0.1, 0.15) is 37.6 Å². The summed E-state index contributed by atoms with van der Waals surface area (Å²) >= 11 is 1.56. The summed E-state index contributed by atoms with van der Waals surface area (Å²) in [5.74, 6) is 1.10. The number of ether oxygens (including phenoxy) is 2. The van der Waals surface area contributed by atoms with Gasteiger partial charge in [-0.1, -0.05) is 11.3 Å². The summed E-state index contributed by atoms with van der Waals surface area (Å²) in [6.07, 6.45) is 8.24. The molecule has 0 aromatic carbocycles. The lowest BCUT2D eigenvalue weighted by atomic mass is 9.91. The van der Waals surface area contributed by atoms with Gasteiger partial charge in [-0.3, -0.25) is 9.58 Å². The van der Waals surface area contributed by atoms with Crippen molar-refractivity contribution in [3.8, 4) is 5.88 Å². The smallest absolute Gasteiger partial charge is 0.246 e. The largest absolute Gasteiger partial charge is 0.473 e. The van der Waals surface area contributed by atoms with Crippen LogP contribution in [0.2, 0.25) is 0 Å². The Morgan fingerprint density at radius 2 is 1.97 bits per heavy atom. The van der Waals surface area contributed by atoms with Gasteiger partial charge >= 0.3 is 0 Å². The fraction of sp³-hybridized carbons (Fsp3) is 0.619. The molecule has 0 radical (unpaired) electrons. The van der Waals surface area contributed by atoms with Crippen LogP contribution in [0.25, 0.3) is 10.3 Å². The van der Waals surface area contributed by atoms with E-state index in [1.54, 1.807) is 17.5 Å². The Bertz CT molecular complexity index is 1020. The maximum absolute atomic E-state index is 6.41. The van der Waals surface area contributed by atoms with E-state index in [9.17, 15) is 0 Å². The lowest BCUT2D eigenvalue weighted by Gasteiger charge is -2.38. The number of aryl methyl sites for hydroxylation is 2. The van der Waals surface area contributed by atoms with Crippen LogP contribution in [0.3, 0.4) is 0 Å². The molecule has 0 bridgehead atoms. The number of rotatable bonds is 6. The van der Waals surface area contributed by atoms with Gasteiger partial charge in [-0.2, -0.15) is 15.1 Å². The molecule has 1 saturated heterocycles. The average molecular weight is 444 g/mol. The van der Waals surface area contributed by atoms with E-state index in [4.69, 9.17) is 9.47 Å². The van der Waals surface area contributed by atoms with E-state index in [1.807, 2.05) is 17.8 Å². The molecular formula is C21H29N7O2S. The summed E-state index contributed by atoms with van der Waals surface area (Å²) in [5.41, 5.74) is 1.62. The van der Waals surface area contributed by atoms with Crippen molar-refractivity contribution in [3.63, 3.8) is 0 Å². The first-order valence-corrected chi connectivity index (χ1v) is 11.9. The molecule has 0 spiro atoms. The molecule has 10 heteroatoms. The van der Waals surface area contributed by atoms with Crippen molar-refractivity contribution in [1.29, 1.82) is 0 Å². The molecule has 1 N–H and O–H groups in total. The molecule has 1 saturated carbocycles. The maximum Gasteiger partial charge on any atom is 0.246 e. The number of thiazole rings is 1. The monoisotopic (exact) mass is 443 g/mol. The first-order valence-electron chi connectivity index (χ1n) is 11.1. The van der Waals surface area contributed by atoms with Gasteiger partial charge in [-0.15, -0.1) is 0 Å². The molecule has 3 aromatic rings. The predicted octanol–water partition coefficient (Wildman–Crippen LogP) is 3.38. The molecule has 4 heterocycles. The molecule has 1 aliphatic carbocycles. The van der Waals surface area contributed by atoms with Crippen molar-refractivity contribution >= 4 is 33.3 Å². The van der Waals surface area contributed by atoms with Crippen LogP contribution in [0.4, 0.5) is 11.6 Å². The third-order valence-electron chi connectivity index (χ3n) is 6.03. The van der Waals surface area contributed by atoms with E-state index in [1.165, 1.54) is 0 Å². The standard InChI is InChI=1S/C21H29N7O2S/c1-3-28-13-15(12-22-28)24-21-25-19(18-20(26-21)31-14(2)23-18)30-17-6-4-16(5-7-17)27-8-10-29-11-9-27/h12-13,16-17H,3-11H2,1-2H3,(H,24,25,26). The molecule has 2 fully saturated rings. The molecule has 0 atom stereocenters. The third kappa shape index (κ3) is 4.65. The Hall–Kier alpha value is -2.30. The van der Waals surface area contributed by atoms with Crippen molar-refractivity contribution in [2.45, 2.75) is 58.2 Å². The number of aromatic nitrogens is 5. The molecule has 5 rings (SSSR count). The number of hydrogen-bond acceptors (Lipinski definition) is 9. The summed E-state index contributed by atoms with van der Waals surface area (Å²) in [5, 5.41) is 8.53. The topological polar surface area (TPSA) is 90.2 Å². The number of morpholine rings is 1. The molecule has 0 unspecified atom stereocenters. The zero-order valence-corrected chi connectivity index (χ0v) is 18.9. The van der Waals surface area contributed by atoms with Crippen LogP contribution in [0, 0.1) is 6.92 Å². The zero-order chi connectivity index (χ0) is 21.2. The Morgan fingerprint density at radius 3 is 2.71 bits per heavy atom. The second kappa shape index (κ2) is 9.05. The Morgan fingerprint density at radius 1 is 1.16 bits per heavy atom. The SMILES string of the molecule is CCn1cc(Nc2nc(OC3CCC(N4CCOCC4)CC3)c3nc(C)sc3n2)cn1. The Labute approximate surface area is 185 Å². The highest BCUT2D eigenvalue weighted by molar-refractivity contribution is 7.18. The fourth-order valence-electron chi connectivity index (χ4n) is 4.40. The second-order valence-electron chi connectivity index (χ2n) is 8.15. The van der Waals surface area contributed by atoms with Gasteiger partial charge in [-0.25, -0.2) is 4.98 Å². The normalized spacial score (nSPS) is 22.6. The zero-order valence-electron chi connectivity index (χ0n) is 18.1. The molecule has 0 amide bonds. The number of fused-ring (bicyclic) bond motifs is 1. The minimum Gasteiger partial charge on any atom is -0.473 e. The number of anilines is 2. The highest BCUT2D eigenvalue weighted by atomic mass is 32.1. The molecule has 9 nitrogen and oxygen atoms in total. The quantitative estimate of drug-likeness (QED) is 0.620. The van der Waals surface area contributed by atoms with Crippen LogP contribution in [0.15, 0.2) is 12.4 Å².